The number of carbonyl (C=O) groups is 2. The largest absolute Gasteiger partial charge is 0.872 e. The molecule has 0 atom stereocenters. The van der Waals surface area contributed by atoms with Crippen LogP contribution in [0.5, 0.6) is 5.75 Å². The number of sulfonamides is 1. The zero-order valence-electron chi connectivity index (χ0n) is 13.4. The zero-order chi connectivity index (χ0) is 19.3. The molecule has 0 aliphatic carbocycles. The van der Waals surface area contributed by atoms with Gasteiger partial charge in [-0.05, 0) is 42.1 Å². The van der Waals surface area contributed by atoms with Gasteiger partial charge in [0.15, 0.2) is 0 Å². The van der Waals surface area contributed by atoms with E-state index in [1.807, 2.05) is 0 Å². The average molecular weight is 400 g/mol. The highest BCUT2D eigenvalue weighted by Crippen LogP contribution is 2.42. The molecule has 4 rings (SSSR count). The first kappa shape index (κ1) is 17.4. The Bertz CT molecular complexity index is 1250. The summed E-state index contributed by atoms with van der Waals surface area (Å²) in [5, 5.41) is 21.4. The third kappa shape index (κ3) is 2.81. The average Bonchev–Trinajstić information content (AvgIpc) is 2.94. The van der Waals surface area contributed by atoms with E-state index < -0.39 is 27.3 Å². The predicted octanol–water partition coefficient (Wildman–Crippen LogP) is 2.66. The number of anilines is 1. The number of hydrogen-bond donors (Lipinski definition) is 2. The van der Waals surface area contributed by atoms with Crippen LogP contribution in [0.4, 0.5) is 5.69 Å². The second-order valence-corrected chi connectivity index (χ2v) is 8.47. The third-order valence-electron chi connectivity index (χ3n) is 4.14. The molecule has 1 heterocycles. The minimum absolute atomic E-state index is 0.0403. The quantitative estimate of drug-likeness (QED) is 0.690. The van der Waals surface area contributed by atoms with E-state index >= 15 is 0 Å². The molecule has 27 heavy (non-hydrogen) atoms. The van der Waals surface area contributed by atoms with Crippen LogP contribution in [0.15, 0.2) is 58.3 Å². The van der Waals surface area contributed by atoms with Gasteiger partial charge >= 0.3 is 5.97 Å². The Labute approximate surface area is 157 Å². The summed E-state index contributed by atoms with van der Waals surface area (Å²) < 4.78 is 28.1. The maximum Gasteiger partial charge on any atom is 0.335 e. The smallest absolute Gasteiger partial charge is 0.335 e. The summed E-state index contributed by atoms with van der Waals surface area (Å²) in [6.07, 6.45) is 0. The van der Waals surface area contributed by atoms with Crippen LogP contribution in [0.2, 0.25) is 0 Å². The highest BCUT2D eigenvalue weighted by molar-refractivity contribution is 8.14. The topological polar surface area (TPSA) is 124 Å². The maximum absolute atomic E-state index is 12.9. The van der Waals surface area contributed by atoms with Crippen molar-refractivity contribution in [3.8, 4) is 5.75 Å². The number of hydrogen-bond acceptors (Lipinski definition) is 6. The van der Waals surface area contributed by atoms with Crippen LogP contribution in [-0.2, 0) is 10.0 Å². The van der Waals surface area contributed by atoms with Crippen molar-refractivity contribution >= 4 is 49.3 Å². The molecule has 136 valence electrons. The van der Waals surface area contributed by atoms with E-state index in [1.165, 1.54) is 12.1 Å². The minimum atomic E-state index is -4.08. The van der Waals surface area contributed by atoms with Gasteiger partial charge in [0.2, 0.25) is 5.12 Å². The molecule has 0 spiro atoms. The monoisotopic (exact) mass is 400 g/mol. The molecule has 1 aliphatic rings. The van der Waals surface area contributed by atoms with Gasteiger partial charge in [0.25, 0.3) is 10.0 Å². The molecule has 0 fully saturated rings. The Balaban J connectivity index is 1.83. The molecule has 2 N–H and O–H groups in total. The summed E-state index contributed by atoms with van der Waals surface area (Å²) in [4.78, 5) is 23.8. The summed E-state index contributed by atoms with van der Waals surface area (Å²) >= 11 is 1.05. The third-order valence-corrected chi connectivity index (χ3v) is 6.54. The van der Waals surface area contributed by atoms with Gasteiger partial charge < -0.3 is 10.2 Å². The first-order chi connectivity index (χ1) is 12.8. The van der Waals surface area contributed by atoms with Crippen LogP contribution < -0.4 is 9.83 Å². The molecule has 0 unspecified atom stereocenters. The molecular weight excluding hydrogens is 390 g/mol. The molecule has 7 nitrogen and oxygen atoms in total. The van der Waals surface area contributed by atoms with Crippen molar-refractivity contribution in [2.75, 3.05) is 4.72 Å². The number of carboxylic acids is 1. The molecular formula is C18H10NO6S2-. The fraction of sp³-hybridized carbons (Fsp3) is 0. The van der Waals surface area contributed by atoms with E-state index in [1.54, 1.807) is 24.3 Å². The summed E-state index contributed by atoms with van der Waals surface area (Å²) in [6, 6.07) is 11.0. The van der Waals surface area contributed by atoms with Crippen LogP contribution in [0.1, 0.15) is 20.7 Å². The van der Waals surface area contributed by atoms with Crippen molar-refractivity contribution in [2.24, 2.45) is 0 Å². The fourth-order valence-electron chi connectivity index (χ4n) is 2.96. The standard InChI is InChI=1S/C18H11NO6S2/c20-13-5-4-9(8-12(13)17(21)22)19-27(24,25)15-7-6-14-16-10(15)2-1-3-11(16)18(23)26-14/h1-8,19-20H,(H,21,22)/p-1. The molecule has 0 bridgehead atoms. The maximum atomic E-state index is 12.9. The van der Waals surface area contributed by atoms with Crippen molar-refractivity contribution in [1.82, 2.24) is 0 Å². The molecule has 0 saturated heterocycles. The van der Waals surface area contributed by atoms with Crippen LogP contribution in [0, 0.1) is 0 Å². The molecule has 0 aromatic heterocycles. The normalized spacial score (nSPS) is 13.1. The zero-order valence-corrected chi connectivity index (χ0v) is 15.1. The number of benzene rings is 3. The summed E-state index contributed by atoms with van der Waals surface area (Å²) in [7, 11) is -4.08. The number of thioether (sulfide) groups is 1. The predicted molar refractivity (Wildman–Crippen MR) is 97.8 cm³/mol. The Morgan fingerprint density at radius 3 is 2.63 bits per heavy atom. The van der Waals surface area contributed by atoms with E-state index in [9.17, 15) is 23.1 Å². The summed E-state index contributed by atoms with van der Waals surface area (Å²) in [6.45, 7) is 0. The Kier molecular flexibility index (Phi) is 3.86. The van der Waals surface area contributed by atoms with E-state index in [4.69, 9.17) is 5.11 Å². The lowest BCUT2D eigenvalue weighted by Crippen LogP contribution is -2.14. The highest BCUT2D eigenvalue weighted by atomic mass is 32.2. The van der Waals surface area contributed by atoms with Gasteiger partial charge in [0.1, 0.15) is 0 Å². The van der Waals surface area contributed by atoms with Crippen LogP contribution in [0.3, 0.4) is 0 Å². The molecule has 1 aliphatic heterocycles. The molecule has 9 heteroatoms. The fourth-order valence-corrected chi connectivity index (χ4v) is 5.15. The van der Waals surface area contributed by atoms with E-state index in [0.29, 0.717) is 21.2 Å². The number of aromatic carboxylic acids is 1. The van der Waals surface area contributed by atoms with Crippen molar-refractivity contribution in [3.05, 3.63) is 59.7 Å². The van der Waals surface area contributed by atoms with Gasteiger partial charge in [0.05, 0.1) is 10.5 Å². The molecule has 3 aromatic rings. The number of carbonyl (C=O) groups excluding carboxylic acids is 1. The summed E-state index contributed by atoms with van der Waals surface area (Å²) in [5.41, 5.74) is -0.119. The second kappa shape index (κ2) is 6.00. The van der Waals surface area contributed by atoms with Crippen molar-refractivity contribution in [1.29, 1.82) is 0 Å². The van der Waals surface area contributed by atoms with Gasteiger partial charge in [-0.2, -0.15) is 0 Å². The van der Waals surface area contributed by atoms with E-state index in [0.717, 1.165) is 23.9 Å². The van der Waals surface area contributed by atoms with Gasteiger partial charge in [-0.25, -0.2) is 13.2 Å². The highest BCUT2D eigenvalue weighted by Gasteiger charge is 2.27. The Morgan fingerprint density at radius 1 is 1.11 bits per heavy atom. The van der Waals surface area contributed by atoms with Crippen molar-refractivity contribution in [2.45, 2.75) is 9.79 Å². The van der Waals surface area contributed by atoms with Gasteiger partial charge in [-0.1, -0.05) is 23.9 Å². The second-order valence-electron chi connectivity index (χ2n) is 5.80. The van der Waals surface area contributed by atoms with Crippen molar-refractivity contribution in [3.63, 3.8) is 0 Å². The molecule has 0 saturated carbocycles. The molecule has 3 aromatic carbocycles. The lowest BCUT2D eigenvalue weighted by atomic mass is 10.1. The van der Waals surface area contributed by atoms with E-state index in [-0.39, 0.29) is 15.7 Å². The SMILES string of the molecule is O=C(O)c1cc(NS(=O)(=O)c2ccc3c4c(cccc24)C(=O)S3)ccc1[O-]. The van der Waals surface area contributed by atoms with Crippen molar-refractivity contribution < 1.29 is 28.2 Å². The Hall–Kier alpha value is -3.04. The van der Waals surface area contributed by atoms with Gasteiger partial charge in [0, 0.05) is 26.9 Å². The summed E-state index contributed by atoms with van der Waals surface area (Å²) in [5.74, 6) is -2.16. The number of rotatable bonds is 4. The van der Waals surface area contributed by atoms with Crippen LogP contribution in [0.25, 0.3) is 10.8 Å². The number of carboxylic acid groups (broad SMARTS) is 1. The number of nitrogens with one attached hydrogen (secondary N) is 1. The minimum Gasteiger partial charge on any atom is -0.872 e. The van der Waals surface area contributed by atoms with Crippen LogP contribution >= 0.6 is 11.8 Å². The Morgan fingerprint density at radius 2 is 1.89 bits per heavy atom. The van der Waals surface area contributed by atoms with Gasteiger partial charge in [-0.15, -0.1) is 0 Å². The van der Waals surface area contributed by atoms with Gasteiger partial charge in [-0.3, -0.25) is 9.52 Å². The van der Waals surface area contributed by atoms with E-state index in [2.05, 4.69) is 4.72 Å². The first-order valence-electron chi connectivity index (χ1n) is 7.63. The van der Waals surface area contributed by atoms with Crippen LogP contribution in [-0.4, -0.2) is 24.6 Å². The lowest BCUT2D eigenvalue weighted by molar-refractivity contribution is -0.268. The lowest BCUT2D eigenvalue weighted by Gasteiger charge is -2.14. The first-order valence-corrected chi connectivity index (χ1v) is 9.93. The molecule has 0 radical (unpaired) electrons. The molecule has 0 amide bonds.